The summed E-state index contributed by atoms with van der Waals surface area (Å²) >= 11 is 0. The first kappa shape index (κ1) is 12.0. The van der Waals surface area contributed by atoms with Gasteiger partial charge >= 0.3 is 0 Å². The van der Waals surface area contributed by atoms with Gasteiger partial charge in [0.1, 0.15) is 5.92 Å². The van der Waals surface area contributed by atoms with Gasteiger partial charge in [0.2, 0.25) is 5.91 Å². The molecule has 84 valence electrons. The van der Waals surface area contributed by atoms with Gasteiger partial charge < -0.3 is 5.32 Å². The molecule has 0 aromatic rings. The highest BCUT2D eigenvalue weighted by Gasteiger charge is 2.19. The molecule has 0 aromatic heterocycles. The van der Waals surface area contributed by atoms with Crippen molar-refractivity contribution in [2.45, 2.75) is 39.5 Å². The number of hydrogen-bond acceptors (Lipinski definition) is 2. The van der Waals surface area contributed by atoms with Crippen LogP contribution in [-0.4, -0.2) is 12.5 Å². The fourth-order valence-electron chi connectivity index (χ4n) is 1.99. The van der Waals surface area contributed by atoms with Crippen molar-refractivity contribution in [3.05, 3.63) is 0 Å². The van der Waals surface area contributed by atoms with E-state index in [-0.39, 0.29) is 5.91 Å². The van der Waals surface area contributed by atoms with Gasteiger partial charge in [-0.15, -0.1) is 0 Å². The van der Waals surface area contributed by atoms with Crippen LogP contribution in [0.1, 0.15) is 39.5 Å². The van der Waals surface area contributed by atoms with Gasteiger partial charge in [-0.25, -0.2) is 0 Å². The van der Waals surface area contributed by atoms with Gasteiger partial charge in [-0.1, -0.05) is 19.8 Å². The highest BCUT2D eigenvalue weighted by atomic mass is 16.1. The smallest absolute Gasteiger partial charge is 0.237 e. The van der Waals surface area contributed by atoms with E-state index >= 15 is 0 Å². The minimum atomic E-state index is -0.521. The first-order valence-corrected chi connectivity index (χ1v) is 5.80. The van der Waals surface area contributed by atoms with Crippen molar-refractivity contribution in [1.29, 1.82) is 5.26 Å². The number of amides is 1. The monoisotopic (exact) mass is 208 g/mol. The summed E-state index contributed by atoms with van der Waals surface area (Å²) in [6.45, 7) is 4.67. The summed E-state index contributed by atoms with van der Waals surface area (Å²) in [4.78, 5) is 11.3. The molecule has 0 heterocycles. The lowest BCUT2D eigenvalue weighted by Gasteiger charge is -2.26. The molecule has 0 radical (unpaired) electrons. The van der Waals surface area contributed by atoms with E-state index < -0.39 is 5.92 Å². The molecule has 1 fully saturated rings. The van der Waals surface area contributed by atoms with E-state index in [1.165, 1.54) is 25.7 Å². The molecular formula is C12H20N2O. The Morgan fingerprint density at radius 3 is 2.60 bits per heavy atom. The summed E-state index contributed by atoms with van der Waals surface area (Å²) in [5.74, 6) is 0.815. The third kappa shape index (κ3) is 3.91. The van der Waals surface area contributed by atoms with Crippen LogP contribution < -0.4 is 5.32 Å². The Kier molecular flexibility index (Phi) is 4.61. The minimum absolute atomic E-state index is 0.129. The number of nitriles is 1. The Morgan fingerprint density at radius 2 is 2.07 bits per heavy atom. The van der Waals surface area contributed by atoms with Gasteiger partial charge in [-0.05, 0) is 31.6 Å². The zero-order valence-corrected chi connectivity index (χ0v) is 9.62. The van der Waals surface area contributed by atoms with Crippen molar-refractivity contribution in [2.75, 3.05) is 6.54 Å². The Hall–Kier alpha value is -1.04. The average Bonchev–Trinajstić information content (AvgIpc) is 2.26. The molecule has 1 amide bonds. The lowest BCUT2D eigenvalue weighted by Crippen LogP contribution is -2.34. The van der Waals surface area contributed by atoms with Crippen molar-refractivity contribution in [3.63, 3.8) is 0 Å². The van der Waals surface area contributed by atoms with Gasteiger partial charge in [0.15, 0.2) is 0 Å². The van der Waals surface area contributed by atoms with E-state index in [9.17, 15) is 4.79 Å². The first-order chi connectivity index (χ1) is 7.13. The molecular weight excluding hydrogens is 188 g/mol. The summed E-state index contributed by atoms with van der Waals surface area (Å²) in [7, 11) is 0. The molecule has 0 aliphatic heterocycles. The number of nitrogens with one attached hydrogen (secondary N) is 1. The Bertz CT molecular complexity index is 249. The predicted octanol–water partition coefficient (Wildman–Crippen LogP) is 2.09. The highest BCUT2D eigenvalue weighted by molar-refractivity contribution is 5.80. The molecule has 0 saturated heterocycles. The zero-order chi connectivity index (χ0) is 11.3. The van der Waals surface area contributed by atoms with E-state index in [1.54, 1.807) is 6.92 Å². The molecule has 0 aromatic carbocycles. The number of nitrogens with zero attached hydrogens (tertiary/aromatic N) is 1. The summed E-state index contributed by atoms with van der Waals surface area (Å²) in [6.07, 6.45) is 4.97. The van der Waals surface area contributed by atoms with Crippen LogP contribution >= 0.6 is 0 Å². The Labute approximate surface area is 91.9 Å². The quantitative estimate of drug-likeness (QED) is 0.772. The molecule has 1 aliphatic rings. The van der Waals surface area contributed by atoms with E-state index in [0.29, 0.717) is 5.92 Å². The largest absolute Gasteiger partial charge is 0.355 e. The fourth-order valence-corrected chi connectivity index (χ4v) is 1.99. The highest BCUT2D eigenvalue weighted by Crippen LogP contribution is 2.27. The van der Waals surface area contributed by atoms with Crippen LogP contribution in [0.2, 0.25) is 0 Å². The third-order valence-corrected chi connectivity index (χ3v) is 3.29. The summed E-state index contributed by atoms with van der Waals surface area (Å²) < 4.78 is 0. The topological polar surface area (TPSA) is 52.9 Å². The Morgan fingerprint density at radius 1 is 1.47 bits per heavy atom. The van der Waals surface area contributed by atoms with Crippen LogP contribution in [0.15, 0.2) is 0 Å². The van der Waals surface area contributed by atoms with Crippen LogP contribution in [0, 0.1) is 29.1 Å². The molecule has 1 N–H and O–H groups in total. The molecule has 1 aliphatic carbocycles. The molecule has 1 atom stereocenters. The number of carbonyl (C=O) groups is 1. The maximum Gasteiger partial charge on any atom is 0.237 e. The lowest BCUT2D eigenvalue weighted by molar-refractivity contribution is -0.123. The Balaban J connectivity index is 2.21. The fraction of sp³-hybridized carbons (Fsp3) is 0.833. The molecule has 3 heteroatoms. The van der Waals surface area contributed by atoms with E-state index in [1.807, 2.05) is 6.07 Å². The van der Waals surface area contributed by atoms with Crippen molar-refractivity contribution in [2.24, 2.45) is 17.8 Å². The third-order valence-electron chi connectivity index (χ3n) is 3.29. The number of rotatable bonds is 3. The molecule has 0 bridgehead atoms. The number of hydrogen-bond donors (Lipinski definition) is 1. The van der Waals surface area contributed by atoms with Crippen LogP contribution in [-0.2, 0) is 4.79 Å². The van der Waals surface area contributed by atoms with Crippen molar-refractivity contribution in [1.82, 2.24) is 5.32 Å². The van der Waals surface area contributed by atoms with Gasteiger partial charge in [0.05, 0.1) is 6.07 Å². The first-order valence-electron chi connectivity index (χ1n) is 5.80. The number of carbonyl (C=O) groups excluding carboxylic acids is 1. The second-order valence-corrected chi connectivity index (χ2v) is 4.72. The normalized spacial score (nSPS) is 27.8. The minimum Gasteiger partial charge on any atom is -0.355 e. The molecule has 0 spiro atoms. The maximum atomic E-state index is 11.3. The van der Waals surface area contributed by atoms with Gasteiger partial charge in [-0.3, -0.25) is 4.79 Å². The van der Waals surface area contributed by atoms with Gasteiger partial charge in [0, 0.05) is 6.54 Å². The van der Waals surface area contributed by atoms with Gasteiger partial charge in [-0.2, -0.15) is 5.26 Å². The van der Waals surface area contributed by atoms with Crippen molar-refractivity contribution in [3.8, 4) is 6.07 Å². The second-order valence-electron chi connectivity index (χ2n) is 4.72. The molecule has 1 unspecified atom stereocenters. The predicted molar refractivity (Wildman–Crippen MR) is 58.9 cm³/mol. The summed E-state index contributed by atoms with van der Waals surface area (Å²) in [6, 6.07) is 1.95. The molecule has 1 saturated carbocycles. The van der Waals surface area contributed by atoms with Crippen LogP contribution in [0.25, 0.3) is 0 Å². The lowest BCUT2D eigenvalue weighted by atomic mass is 9.83. The summed E-state index contributed by atoms with van der Waals surface area (Å²) in [5.41, 5.74) is 0. The van der Waals surface area contributed by atoms with Gasteiger partial charge in [0.25, 0.3) is 0 Å². The van der Waals surface area contributed by atoms with E-state index in [2.05, 4.69) is 12.2 Å². The zero-order valence-electron chi connectivity index (χ0n) is 9.62. The standard InChI is InChI=1S/C12H20N2O/c1-9-3-5-11(6-4-9)8-14-12(15)10(2)7-13/h9-11H,3-6,8H2,1-2H3,(H,14,15). The second kappa shape index (κ2) is 5.75. The molecule has 1 rings (SSSR count). The SMILES string of the molecule is CC1CCC(CNC(=O)C(C)C#N)CC1. The van der Waals surface area contributed by atoms with Crippen LogP contribution in [0.4, 0.5) is 0 Å². The summed E-state index contributed by atoms with van der Waals surface area (Å²) in [5, 5.41) is 11.4. The van der Waals surface area contributed by atoms with E-state index in [0.717, 1.165) is 12.5 Å². The van der Waals surface area contributed by atoms with E-state index in [4.69, 9.17) is 5.26 Å². The molecule has 3 nitrogen and oxygen atoms in total. The molecule has 15 heavy (non-hydrogen) atoms. The van der Waals surface area contributed by atoms with Crippen LogP contribution in [0.5, 0.6) is 0 Å². The maximum absolute atomic E-state index is 11.3. The van der Waals surface area contributed by atoms with Crippen molar-refractivity contribution < 1.29 is 4.79 Å². The van der Waals surface area contributed by atoms with Crippen LogP contribution in [0.3, 0.4) is 0 Å². The average molecular weight is 208 g/mol. The van der Waals surface area contributed by atoms with Crippen molar-refractivity contribution >= 4 is 5.91 Å².